The summed E-state index contributed by atoms with van der Waals surface area (Å²) >= 11 is 1.85. The second-order valence-electron chi connectivity index (χ2n) is 5.30. The predicted molar refractivity (Wildman–Crippen MR) is 71.4 cm³/mol. The van der Waals surface area contributed by atoms with Crippen LogP contribution in [0, 0.1) is 0 Å². The van der Waals surface area contributed by atoms with Gasteiger partial charge in [0, 0.05) is 29.9 Å². The standard InChI is InChI=1S/C13H21N3S/c1-14-11-3-2-6-16(7-11)8-12-13(10-4-5-10)15-9-17-12/h9-11,14H,2-8H2,1H3. The minimum absolute atomic E-state index is 0.682. The van der Waals surface area contributed by atoms with Crippen molar-refractivity contribution in [1.82, 2.24) is 15.2 Å². The SMILES string of the molecule is CNC1CCCN(Cc2scnc2C2CC2)C1. The number of hydrogen-bond donors (Lipinski definition) is 1. The van der Waals surface area contributed by atoms with E-state index in [0.717, 1.165) is 12.5 Å². The maximum absolute atomic E-state index is 4.56. The largest absolute Gasteiger partial charge is 0.316 e. The lowest BCUT2D eigenvalue weighted by molar-refractivity contribution is 0.189. The summed E-state index contributed by atoms with van der Waals surface area (Å²) in [4.78, 5) is 8.66. The normalized spacial score (nSPS) is 26.3. The van der Waals surface area contributed by atoms with E-state index in [2.05, 4.69) is 22.2 Å². The van der Waals surface area contributed by atoms with E-state index in [9.17, 15) is 0 Å². The first-order valence-electron chi connectivity index (χ1n) is 6.68. The lowest BCUT2D eigenvalue weighted by atomic mass is 10.1. The molecule has 1 aliphatic carbocycles. The molecule has 1 saturated heterocycles. The predicted octanol–water partition coefficient (Wildman–Crippen LogP) is 2.20. The van der Waals surface area contributed by atoms with E-state index in [1.54, 1.807) is 0 Å². The van der Waals surface area contributed by atoms with Gasteiger partial charge >= 0.3 is 0 Å². The molecule has 94 valence electrons. The van der Waals surface area contributed by atoms with Gasteiger partial charge in [0.1, 0.15) is 0 Å². The molecule has 1 aromatic heterocycles. The summed E-state index contributed by atoms with van der Waals surface area (Å²) in [5.74, 6) is 0.793. The quantitative estimate of drug-likeness (QED) is 0.889. The van der Waals surface area contributed by atoms with Crippen LogP contribution in [0.5, 0.6) is 0 Å². The Bertz CT molecular complexity index is 372. The highest BCUT2D eigenvalue weighted by atomic mass is 32.1. The fraction of sp³-hybridized carbons (Fsp3) is 0.769. The monoisotopic (exact) mass is 251 g/mol. The van der Waals surface area contributed by atoms with Gasteiger partial charge in [-0.15, -0.1) is 11.3 Å². The highest BCUT2D eigenvalue weighted by Gasteiger charge is 2.29. The fourth-order valence-corrected chi connectivity index (χ4v) is 3.62. The average Bonchev–Trinajstić information content (AvgIpc) is 3.11. The lowest BCUT2D eigenvalue weighted by Crippen LogP contribution is -2.43. The average molecular weight is 251 g/mol. The molecule has 3 nitrogen and oxygen atoms in total. The number of aromatic nitrogens is 1. The zero-order valence-electron chi connectivity index (χ0n) is 10.5. The zero-order chi connectivity index (χ0) is 11.7. The smallest absolute Gasteiger partial charge is 0.0798 e. The van der Waals surface area contributed by atoms with Gasteiger partial charge in [-0.25, -0.2) is 4.98 Å². The van der Waals surface area contributed by atoms with Crippen molar-refractivity contribution in [2.75, 3.05) is 20.1 Å². The van der Waals surface area contributed by atoms with Gasteiger partial charge in [0.15, 0.2) is 0 Å². The van der Waals surface area contributed by atoms with E-state index in [1.807, 2.05) is 16.8 Å². The Morgan fingerprint density at radius 3 is 3.12 bits per heavy atom. The number of likely N-dealkylation sites (tertiary alicyclic amines) is 1. The van der Waals surface area contributed by atoms with Crippen LogP contribution in [0.4, 0.5) is 0 Å². The Balaban J connectivity index is 1.63. The first kappa shape index (κ1) is 11.6. The Morgan fingerprint density at radius 1 is 1.47 bits per heavy atom. The fourth-order valence-electron chi connectivity index (χ4n) is 2.73. The second-order valence-corrected chi connectivity index (χ2v) is 6.24. The molecule has 2 fully saturated rings. The van der Waals surface area contributed by atoms with Crippen molar-refractivity contribution in [1.29, 1.82) is 0 Å². The summed E-state index contributed by atoms with van der Waals surface area (Å²) < 4.78 is 0. The Kier molecular flexibility index (Phi) is 3.45. The lowest BCUT2D eigenvalue weighted by Gasteiger charge is -2.32. The molecule has 2 heterocycles. The molecule has 4 heteroatoms. The molecule has 0 aromatic carbocycles. The molecule has 0 amide bonds. The molecule has 1 atom stereocenters. The van der Waals surface area contributed by atoms with Crippen molar-refractivity contribution in [3.63, 3.8) is 0 Å². The van der Waals surface area contributed by atoms with Crippen molar-refractivity contribution in [2.45, 2.75) is 44.2 Å². The van der Waals surface area contributed by atoms with Gasteiger partial charge in [0.05, 0.1) is 11.2 Å². The first-order chi connectivity index (χ1) is 8.36. The third-order valence-corrected chi connectivity index (χ3v) is 4.75. The van der Waals surface area contributed by atoms with Crippen LogP contribution in [0.1, 0.15) is 42.2 Å². The minimum Gasteiger partial charge on any atom is -0.316 e. The minimum atomic E-state index is 0.682. The van der Waals surface area contributed by atoms with E-state index < -0.39 is 0 Å². The van der Waals surface area contributed by atoms with Crippen molar-refractivity contribution in [3.05, 3.63) is 16.1 Å². The molecule has 17 heavy (non-hydrogen) atoms. The Hall–Kier alpha value is -0.450. The van der Waals surface area contributed by atoms with Crippen molar-refractivity contribution in [2.24, 2.45) is 0 Å². The maximum Gasteiger partial charge on any atom is 0.0798 e. The number of thiazole rings is 1. The van der Waals surface area contributed by atoms with Crippen LogP contribution in [0.15, 0.2) is 5.51 Å². The maximum atomic E-state index is 4.56. The van der Waals surface area contributed by atoms with Crippen LogP contribution in [0.3, 0.4) is 0 Å². The number of hydrogen-bond acceptors (Lipinski definition) is 4. The summed E-state index contributed by atoms with van der Waals surface area (Å²) in [5.41, 5.74) is 3.43. The van der Waals surface area contributed by atoms with E-state index >= 15 is 0 Å². The van der Waals surface area contributed by atoms with Gasteiger partial charge in [-0.2, -0.15) is 0 Å². The summed E-state index contributed by atoms with van der Waals surface area (Å²) in [6, 6.07) is 0.682. The molecule has 1 N–H and O–H groups in total. The molecule has 2 aliphatic rings. The second kappa shape index (κ2) is 5.04. The van der Waals surface area contributed by atoms with Crippen LogP contribution in [0.2, 0.25) is 0 Å². The third-order valence-electron chi connectivity index (χ3n) is 3.92. The summed E-state index contributed by atoms with van der Waals surface area (Å²) in [6.45, 7) is 3.56. The van der Waals surface area contributed by atoms with Gasteiger partial charge in [-0.1, -0.05) is 0 Å². The van der Waals surface area contributed by atoms with Gasteiger partial charge < -0.3 is 5.32 Å². The van der Waals surface area contributed by atoms with E-state index in [0.29, 0.717) is 6.04 Å². The highest BCUT2D eigenvalue weighted by molar-refractivity contribution is 7.09. The molecular weight excluding hydrogens is 230 g/mol. The van der Waals surface area contributed by atoms with Crippen molar-refractivity contribution >= 4 is 11.3 Å². The van der Waals surface area contributed by atoms with Crippen LogP contribution in [-0.4, -0.2) is 36.1 Å². The zero-order valence-corrected chi connectivity index (χ0v) is 11.3. The summed E-state index contributed by atoms with van der Waals surface area (Å²) in [5, 5.41) is 3.41. The summed E-state index contributed by atoms with van der Waals surface area (Å²) in [7, 11) is 2.08. The Labute approximate surface area is 107 Å². The number of likely N-dealkylation sites (N-methyl/N-ethyl adjacent to an activating group) is 1. The summed E-state index contributed by atoms with van der Waals surface area (Å²) in [6.07, 6.45) is 5.36. The number of nitrogens with one attached hydrogen (secondary N) is 1. The topological polar surface area (TPSA) is 28.2 Å². The molecule has 3 rings (SSSR count). The van der Waals surface area contributed by atoms with Crippen LogP contribution < -0.4 is 5.32 Å². The van der Waals surface area contributed by atoms with Crippen molar-refractivity contribution < 1.29 is 0 Å². The number of rotatable bonds is 4. The number of piperidine rings is 1. The first-order valence-corrected chi connectivity index (χ1v) is 7.56. The van der Waals surface area contributed by atoms with E-state index in [4.69, 9.17) is 0 Å². The van der Waals surface area contributed by atoms with Crippen LogP contribution >= 0.6 is 11.3 Å². The van der Waals surface area contributed by atoms with Crippen LogP contribution in [-0.2, 0) is 6.54 Å². The molecule has 1 saturated carbocycles. The van der Waals surface area contributed by atoms with Crippen LogP contribution in [0.25, 0.3) is 0 Å². The molecule has 0 radical (unpaired) electrons. The van der Waals surface area contributed by atoms with Gasteiger partial charge in [0.25, 0.3) is 0 Å². The van der Waals surface area contributed by atoms with Crippen molar-refractivity contribution in [3.8, 4) is 0 Å². The third kappa shape index (κ3) is 2.69. The molecule has 1 aromatic rings. The molecule has 1 unspecified atom stereocenters. The molecule has 1 aliphatic heterocycles. The molecule has 0 spiro atoms. The number of nitrogens with zero attached hydrogens (tertiary/aromatic N) is 2. The Morgan fingerprint density at radius 2 is 2.35 bits per heavy atom. The van der Waals surface area contributed by atoms with E-state index in [1.165, 1.54) is 49.3 Å². The van der Waals surface area contributed by atoms with E-state index in [-0.39, 0.29) is 0 Å². The van der Waals surface area contributed by atoms with Gasteiger partial charge in [0.2, 0.25) is 0 Å². The molecular formula is C13H21N3S. The highest BCUT2D eigenvalue weighted by Crippen LogP contribution is 2.42. The van der Waals surface area contributed by atoms with Gasteiger partial charge in [-0.3, -0.25) is 4.90 Å². The molecule has 0 bridgehead atoms. The van der Waals surface area contributed by atoms with Gasteiger partial charge in [-0.05, 0) is 39.3 Å².